The highest BCUT2D eigenvalue weighted by atomic mass is 16.1. The molecule has 2 aromatic heterocycles. The lowest BCUT2D eigenvalue weighted by Crippen LogP contribution is -2.24. The van der Waals surface area contributed by atoms with Crippen molar-refractivity contribution in [1.82, 2.24) is 25.1 Å². The number of nitrogens with zero attached hydrogens (tertiary/aromatic N) is 4. The van der Waals surface area contributed by atoms with Gasteiger partial charge in [0.1, 0.15) is 17.8 Å². The molecule has 0 atom stereocenters. The molecule has 7 heteroatoms. The summed E-state index contributed by atoms with van der Waals surface area (Å²) in [5.41, 5.74) is 6.17. The van der Waals surface area contributed by atoms with Gasteiger partial charge in [0.2, 0.25) is 0 Å². The normalized spacial score (nSPS) is 10.7. The number of carbonyl (C=O) groups excluding carboxylic acids is 1. The summed E-state index contributed by atoms with van der Waals surface area (Å²) in [6, 6.07) is 9.25. The summed E-state index contributed by atoms with van der Waals surface area (Å²) >= 11 is 0. The molecule has 0 unspecified atom stereocenters. The van der Waals surface area contributed by atoms with E-state index in [4.69, 9.17) is 5.73 Å². The number of nitrogen functional groups attached to an aromatic ring is 1. The summed E-state index contributed by atoms with van der Waals surface area (Å²) in [4.78, 5) is 20.3. The van der Waals surface area contributed by atoms with E-state index in [0.29, 0.717) is 11.6 Å². The van der Waals surface area contributed by atoms with Crippen LogP contribution in [0.25, 0.3) is 10.8 Å². The molecule has 0 saturated carbocycles. The lowest BCUT2D eigenvalue weighted by Gasteiger charge is -2.06. The van der Waals surface area contributed by atoms with Gasteiger partial charge in [0, 0.05) is 12.4 Å². The minimum Gasteiger partial charge on any atom is -0.383 e. The van der Waals surface area contributed by atoms with Crippen LogP contribution in [0, 0.1) is 0 Å². The number of hydrogen-bond acceptors (Lipinski definition) is 5. The quantitative estimate of drug-likeness (QED) is 0.743. The summed E-state index contributed by atoms with van der Waals surface area (Å²) < 4.78 is 1.58. The van der Waals surface area contributed by atoms with Gasteiger partial charge in [-0.05, 0) is 11.5 Å². The molecule has 3 rings (SSSR count). The van der Waals surface area contributed by atoms with Crippen molar-refractivity contribution < 1.29 is 4.79 Å². The van der Waals surface area contributed by atoms with Crippen molar-refractivity contribution in [3.05, 3.63) is 48.2 Å². The molecular formula is C14H14N6O. The summed E-state index contributed by atoms with van der Waals surface area (Å²) in [6.07, 6.45) is 1.58. The zero-order chi connectivity index (χ0) is 14.8. The number of nitrogens with one attached hydrogen (secondary N) is 1. The number of anilines is 1. The van der Waals surface area contributed by atoms with Gasteiger partial charge in [0.05, 0.1) is 6.54 Å². The van der Waals surface area contributed by atoms with Crippen molar-refractivity contribution in [1.29, 1.82) is 0 Å². The Balaban J connectivity index is 1.81. The Morgan fingerprint density at radius 1 is 1.38 bits per heavy atom. The van der Waals surface area contributed by atoms with Crippen molar-refractivity contribution in [2.24, 2.45) is 7.05 Å². The highest BCUT2D eigenvalue weighted by Gasteiger charge is 2.11. The third-order valence-corrected chi connectivity index (χ3v) is 3.06. The van der Waals surface area contributed by atoms with E-state index in [-0.39, 0.29) is 18.1 Å². The zero-order valence-electron chi connectivity index (χ0n) is 11.4. The fourth-order valence-corrected chi connectivity index (χ4v) is 2.06. The fourth-order valence-electron chi connectivity index (χ4n) is 2.06. The van der Waals surface area contributed by atoms with E-state index in [1.54, 1.807) is 24.1 Å². The molecule has 0 aliphatic carbocycles. The van der Waals surface area contributed by atoms with Crippen LogP contribution in [0.4, 0.5) is 5.82 Å². The molecule has 0 bridgehead atoms. The number of carbonyl (C=O) groups is 1. The topological polar surface area (TPSA) is 98.7 Å². The van der Waals surface area contributed by atoms with Crippen LogP contribution >= 0.6 is 0 Å². The van der Waals surface area contributed by atoms with Crippen molar-refractivity contribution >= 4 is 22.5 Å². The minimum atomic E-state index is -0.306. The van der Waals surface area contributed by atoms with E-state index in [9.17, 15) is 4.79 Å². The Kier molecular flexibility index (Phi) is 3.23. The fraction of sp³-hybridized carbons (Fsp3) is 0.143. The van der Waals surface area contributed by atoms with Gasteiger partial charge < -0.3 is 11.1 Å². The number of hydrogen-bond donors (Lipinski definition) is 2. The van der Waals surface area contributed by atoms with E-state index < -0.39 is 0 Å². The summed E-state index contributed by atoms with van der Waals surface area (Å²) in [6.45, 7) is 0.244. The van der Waals surface area contributed by atoms with E-state index in [1.807, 2.05) is 24.3 Å². The second-order valence-electron chi connectivity index (χ2n) is 4.63. The van der Waals surface area contributed by atoms with Crippen LogP contribution in [0.1, 0.15) is 16.3 Å². The largest absolute Gasteiger partial charge is 0.383 e. The number of nitrogens with two attached hydrogens (primary N) is 1. The van der Waals surface area contributed by atoms with Crippen LogP contribution in [0.2, 0.25) is 0 Å². The van der Waals surface area contributed by atoms with Crippen molar-refractivity contribution in [3.8, 4) is 0 Å². The maximum Gasteiger partial charge on any atom is 0.270 e. The van der Waals surface area contributed by atoms with E-state index in [2.05, 4.69) is 20.4 Å². The molecule has 0 aliphatic rings. The molecule has 3 aromatic rings. The molecule has 3 N–H and O–H groups in total. The van der Waals surface area contributed by atoms with Crippen LogP contribution in [0.5, 0.6) is 0 Å². The van der Waals surface area contributed by atoms with Crippen LogP contribution in [-0.2, 0) is 13.6 Å². The first-order valence-corrected chi connectivity index (χ1v) is 6.41. The molecule has 2 heterocycles. The Morgan fingerprint density at radius 3 is 2.95 bits per heavy atom. The first kappa shape index (κ1) is 13.0. The molecule has 0 spiro atoms. The zero-order valence-corrected chi connectivity index (χ0v) is 11.4. The number of benzene rings is 1. The molecule has 7 nitrogen and oxygen atoms in total. The van der Waals surface area contributed by atoms with Crippen molar-refractivity contribution in [3.63, 3.8) is 0 Å². The standard InChI is InChI=1S/C14H14N6O/c1-20-8-17-12(19-20)7-16-14(21)11-6-9-4-2-3-5-10(9)13(15)18-11/h2-6,8H,7H2,1H3,(H2,15,18)(H,16,21). The number of fused-ring (bicyclic) bond motifs is 1. The lowest BCUT2D eigenvalue weighted by atomic mass is 10.1. The molecule has 0 saturated heterocycles. The smallest absolute Gasteiger partial charge is 0.270 e. The summed E-state index contributed by atoms with van der Waals surface area (Å²) in [5, 5.41) is 8.53. The third kappa shape index (κ3) is 2.66. The number of pyridine rings is 1. The Bertz CT molecular complexity index is 810. The molecule has 0 fully saturated rings. The average molecular weight is 282 g/mol. The molecule has 0 radical (unpaired) electrons. The van der Waals surface area contributed by atoms with Crippen LogP contribution < -0.4 is 11.1 Å². The maximum absolute atomic E-state index is 12.1. The van der Waals surface area contributed by atoms with Crippen molar-refractivity contribution in [2.75, 3.05) is 5.73 Å². The van der Waals surface area contributed by atoms with Gasteiger partial charge in [-0.2, -0.15) is 5.10 Å². The second-order valence-corrected chi connectivity index (χ2v) is 4.63. The Morgan fingerprint density at radius 2 is 2.19 bits per heavy atom. The molecule has 21 heavy (non-hydrogen) atoms. The second kappa shape index (κ2) is 5.20. The molecular weight excluding hydrogens is 268 g/mol. The minimum absolute atomic E-state index is 0.244. The first-order chi connectivity index (χ1) is 10.1. The van der Waals surface area contributed by atoms with Gasteiger partial charge in [0.15, 0.2) is 5.82 Å². The van der Waals surface area contributed by atoms with E-state index in [1.165, 1.54) is 0 Å². The number of aromatic nitrogens is 4. The monoisotopic (exact) mass is 282 g/mol. The number of amides is 1. The highest BCUT2D eigenvalue weighted by molar-refractivity contribution is 5.99. The SMILES string of the molecule is Cn1cnc(CNC(=O)c2cc3ccccc3c(N)n2)n1. The highest BCUT2D eigenvalue weighted by Crippen LogP contribution is 2.19. The third-order valence-electron chi connectivity index (χ3n) is 3.06. The van der Waals surface area contributed by atoms with Gasteiger partial charge in [-0.15, -0.1) is 0 Å². The summed E-state index contributed by atoms with van der Waals surface area (Å²) in [7, 11) is 1.77. The lowest BCUT2D eigenvalue weighted by molar-refractivity contribution is 0.0945. The van der Waals surface area contributed by atoms with E-state index >= 15 is 0 Å². The van der Waals surface area contributed by atoms with E-state index in [0.717, 1.165) is 10.8 Å². The number of aryl methyl sites for hydroxylation is 1. The van der Waals surface area contributed by atoms with Gasteiger partial charge in [-0.3, -0.25) is 9.48 Å². The molecule has 1 aromatic carbocycles. The predicted octanol–water partition coefficient (Wildman–Crippen LogP) is 0.875. The Labute approximate surface area is 120 Å². The summed E-state index contributed by atoms with van der Waals surface area (Å²) in [5.74, 6) is 0.578. The Hall–Kier alpha value is -2.96. The van der Waals surface area contributed by atoms with Crippen LogP contribution in [0.15, 0.2) is 36.7 Å². The average Bonchev–Trinajstić information content (AvgIpc) is 2.90. The van der Waals surface area contributed by atoms with Gasteiger partial charge in [0.25, 0.3) is 5.91 Å². The molecule has 106 valence electrons. The first-order valence-electron chi connectivity index (χ1n) is 6.41. The van der Waals surface area contributed by atoms with Gasteiger partial charge in [-0.25, -0.2) is 9.97 Å². The van der Waals surface area contributed by atoms with Crippen LogP contribution in [0.3, 0.4) is 0 Å². The van der Waals surface area contributed by atoms with Crippen LogP contribution in [-0.4, -0.2) is 25.7 Å². The maximum atomic E-state index is 12.1. The predicted molar refractivity (Wildman–Crippen MR) is 78.3 cm³/mol. The molecule has 0 aliphatic heterocycles. The number of rotatable bonds is 3. The molecule has 1 amide bonds. The van der Waals surface area contributed by atoms with Crippen molar-refractivity contribution in [2.45, 2.75) is 6.54 Å². The van der Waals surface area contributed by atoms with Gasteiger partial charge >= 0.3 is 0 Å². The van der Waals surface area contributed by atoms with Gasteiger partial charge in [-0.1, -0.05) is 24.3 Å².